The maximum atomic E-state index is 12.2. The fraction of sp³-hybridized carbons (Fsp3) is 0.250. The van der Waals surface area contributed by atoms with Crippen LogP contribution < -0.4 is 0 Å². The van der Waals surface area contributed by atoms with Crippen molar-refractivity contribution in [3.8, 4) is 0 Å². The van der Waals surface area contributed by atoms with Crippen LogP contribution in [0.5, 0.6) is 0 Å². The molecule has 0 radical (unpaired) electrons. The van der Waals surface area contributed by atoms with Crippen LogP contribution in [0.15, 0.2) is 54.7 Å². The molecule has 0 aliphatic heterocycles. The van der Waals surface area contributed by atoms with Gasteiger partial charge in [-0.05, 0) is 31.5 Å². The number of hydrogen-bond acceptors (Lipinski definition) is 3. The highest BCUT2D eigenvalue weighted by molar-refractivity contribution is 5.82. The van der Waals surface area contributed by atoms with Crippen molar-refractivity contribution in [1.29, 1.82) is 0 Å². The third-order valence-corrected chi connectivity index (χ3v) is 3.08. The molecule has 0 fully saturated rings. The lowest BCUT2D eigenvalue weighted by molar-refractivity contribution is -0.150. The second kappa shape index (κ2) is 5.65. The minimum atomic E-state index is -0.657. The number of pyridine rings is 1. The number of rotatable bonds is 4. The van der Waals surface area contributed by atoms with Crippen molar-refractivity contribution in [2.45, 2.75) is 25.9 Å². The van der Waals surface area contributed by atoms with E-state index in [1.54, 1.807) is 6.20 Å². The number of carbonyl (C=O) groups is 1. The lowest BCUT2D eigenvalue weighted by Gasteiger charge is -2.22. The molecule has 0 aliphatic carbocycles. The topological polar surface area (TPSA) is 39.2 Å². The smallest absolute Gasteiger partial charge is 0.316 e. The van der Waals surface area contributed by atoms with Crippen molar-refractivity contribution < 1.29 is 9.53 Å². The zero-order chi connectivity index (χ0) is 13.7. The highest BCUT2D eigenvalue weighted by Crippen LogP contribution is 2.24. The van der Waals surface area contributed by atoms with Crippen LogP contribution in [0.2, 0.25) is 0 Å². The van der Waals surface area contributed by atoms with Crippen molar-refractivity contribution >= 4 is 5.97 Å². The first-order valence-electron chi connectivity index (χ1n) is 6.23. The summed E-state index contributed by atoms with van der Waals surface area (Å²) < 4.78 is 5.35. The first-order chi connectivity index (χ1) is 9.10. The summed E-state index contributed by atoms with van der Waals surface area (Å²) in [4.78, 5) is 16.3. The van der Waals surface area contributed by atoms with Gasteiger partial charge in [-0.3, -0.25) is 9.78 Å². The molecule has 0 amide bonds. The van der Waals surface area contributed by atoms with Crippen LogP contribution in [0.4, 0.5) is 0 Å². The van der Waals surface area contributed by atoms with E-state index in [0.29, 0.717) is 0 Å². The predicted molar refractivity (Wildman–Crippen MR) is 73.5 cm³/mol. The van der Waals surface area contributed by atoms with Crippen LogP contribution in [0.3, 0.4) is 0 Å². The molecule has 3 nitrogen and oxygen atoms in total. The van der Waals surface area contributed by atoms with Crippen LogP contribution in [0.1, 0.15) is 25.1 Å². The summed E-state index contributed by atoms with van der Waals surface area (Å²) >= 11 is 0. The Balaban J connectivity index is 2.03. The molecule has 1 aromatic heterocycles. The SMILES string of the molecule is CC(C)(C(=O)OCc1ccccn1)c1ccccc1. The molecule has 0 saturated carbocycles. The van der Waals surface area contributed by atoms with Crippen molar-refractivity contribution in [2.24, 2.45) is 0 Å². The Hall–Kier alpha value is -2.16. The zero-order valence-electron chi connectivity index (χ0n) is 11.2. The molecule has 0 bridgehead atoms. The third-order valence-electron chi connectivity index (χ3n) is 3.08. The summed E-state index contributed by atoms with van der Waals surface area (Å²) in [7, 11) is 0. The van der Waals surface area contributed by atoms with Gasteiger partial charge >= 0.3 is 5.97 Å². The molecule has 19 heavy (non-hydrogen) atoms. The van der Waals surface area contributed by atoms with Crippen LogP contribution in [-0.2, 0) is 21.6 Å². The van der Waals surface area contributed by atoms with Gasteiger partial charge in [0.1, 0.15) is 6.61 Å². The van der Waals surface area contributed by atoms with Gasteiger partial charge in [0.25, 0.3) is 0 Å². The van der Waals surface area contributed by atoms with Gasteiger partial charge in [0.15, 0.2) is 0 Å². The molecule has 3 heteroatoms. The number of benzene rings is 1. The molecule has 2 aromatic rings. The van der Waals surface area contributed by atoms with Gasteiger partial charge in [-0.15, -0.1) is 0 Å². The molecule has 0 atom stereocenters. The number of ether oxygens (including phenoxy) is 1. The third kappa shape index (κ3) is 3.19. The van der Waals surface area contributed by atoms with Gasteiger partial charge in [0.05, 0.1) is 11.1 Å². The maximum absolute atomic E-state index is 12.2. The van der Waals surface area contributed by atoms with E-state index < -0.39 is 5.41 Å². The van der Waals surface area contributed by atoms with E-state index in [9.17, 15) is 4.79 Å². The van der Waals surface area contributed by atoms with E-state index in [1.807, 2.05) is 62.4 Å². The largest absolute Gasteiger partial charge is 0.459 e. The summed E-state index contributed by atoms with van der Waals surface area (Å²) in [6.45, 7) is 3.93. The number of esters is 1. The summed E-state index contributed by atoms with van der Waals surface area (Å²) in [6, 6.07) is 15.2. The van der Waals surface area contributed by atoms with Gasteiger partial charge in [-0.2, -0.15) is 0 Å². The van der Waals surface area contributed by atoms with Crippen molar-refractivity contribution in [3.63, 3.8) is 0 Å². The standard InChI is InChI=1S/C16H17NO2/c1-16(2,13-8-4-3-5-9-13)15(18)19-12-14-10-6-7-11-17-14/h3-11H,12H2,1-2H3. The quantitative estimate of drug-likeness (QED) is 0.788. The number of hydrogen-bond donors (Lipinski definition) is 0. The summed E-state index contributed by atoms with van der Waals surface area (Å²) in [5.74, 6) is -0.246. The minimum absolute atomic E-state index is 0.204. The lowest BCUT2D eigenvalue weighted by Crippen LogP contribution is -2.31. The van der Waals surface area contributed by atoms with E-state index in [4.69, 9.17) is 4.74 Å². The van der Waals surface area contributed by atoms with Gasteiger partial charge in [0, 0.05) is 6.20 Å². The molecule has 0 aliphatic rings. The van der Waals surface area contributed by atoms with Crippen LogP contribution >= 0.6 is 0 Å². The Labute approximate surface area is 113 Å². The summed E-state index contributed by atoms with van der Waals surface area (Å²) in [5.41, 5.74) is 1.04. The Morgan fingerprint density at radius 3 is 2.42 bits per heavy atom. The summed E-state index contributed by atoms with van der Waals surface area (Å²) in [6.07, 6.45) is 1.69. The van der Waals surface area contributed by atoms with E-state index in [-0.39, 0.29) is 12.6 Å². The molecular formula is C16H17NO2. The van der Waals surface area contributed by atoms with Crippen molar-refractivity contribution in [3.05, 3.63) is 66.0 Å². The first-order valence-corrected chi connectivity index (χ1v) is 6.23. The fourth-order valence-electron chi connectivity index (χ4n) is 1.78. The average Bonchev–Trinajstić information content (AvgIpc) is 2.46. The number of carbonyl (C=O) groups excluding carboxylic acids is 1. The Kier molecular flexibility index (Phi) is 3.95. The molecule has 1 heterocycles. The van der Waals surface area contributed by atoms with Gasteiger partial charge in [0.2, 0.25) is 0 Å². The van der Waals surface area contributed by atoms with Crippen molar-refractivity contribution in [1.82, 2.24) is 4.98 Å². The van der Waals surface area contributed by atoms with Gasteiger partial charge in [-0.25, -0.2) is 0 Å². The van der Waals surface area contributed by atoms with Gasteiger partial charge < -0.3 is 4.74 Å². The average molecular weight is 255 g/mol. The Morgan fingerprint density at radius 1 is 1.11 bits per heavy atom. The zero-order valence-corrected chi connectivity index (χ0v) is 11.2. The monoisotopic (exact) mass is 255 g/mol. The van der Waals surface area contributed by atoms with Gasteiger partial charge in [-0.1, -0.05) is 36.4 Å². The van der Waals surface area contributed by atoms with Crippen LogP contribution in [0.25, 0.3) is 0 Å². The Morgan fingerprint density at radius 2 is 1.79 bits per heavy atom. The minimum Gasteiger partial charge on any atom is -0.459 e. The fourth-order valence-corrected chi connectivity index (χ4v) is 1.78. The molecule has 0 spiro atoms. The molecule has 1 aromatic carbocycles. The molecule has 0 saturated heterocycles. The first kappa shape index (κ1) is 13.3. The number of nitrogens with zero attached hydrogens (tertiary/aromatic N) is 1. The highest BCUT2D eigenvalue weighted by atomic mass is 16.5. The molecule has 0 unspecified atom stereocenters. The maximum Gasteiger partial charge on any atom is 0.316 e. The van der Waals surface area contributed by atoms with Crippen LogP contribution in [0, 0.1) is 0 Å². The summed E-state index contributed by atoms with van der Waals surface area (Å²) in [5, 5.41) is 0. The lowest BCUT2D eigenvalue weighted by atomic mass is 9.85. The highest BCUT2D eigenvalue weighted by Gasteiger charge is 2.31. The molecule has 2 rings (SSSR count). The van der Waals surface area contributed by atoms with E-state index >= 15 is 0 Å². The van der Waals surface area contributed by atoms with E-state index in [2.05, 4.69) is 4.98 Å². The van der Waals surface area contributed by atoms with E-state index in [1.165, 1.54) is 0 Å². The normalized spacial score (nSPS) is 11.1. The molecular weight excluding hydrogens is 238 g/mol. The molecule has 98 valence electrons. The Bertz CT molecular complexity index is 535. The second-order valence-electron chi connectivity index (χ2n) is 4.89. The van der Waals surface area contributed by atoms with Crippen LogP contribution in [-0.4, -0.2) is 11.0 Å². The van der Waals surface area contributed by atoms with E-state index in [0.717, 1.165) is 11.3 Å². The predicted octanol–water partition coefficient (Wildman–Crippen LogP) is 3.10. The van der Waals surface area contributed by atoms with Crippen molar-refractivity contribution in [2.75, 3.05) is 0 Å². The molecule has 0 N–H and O–H groups in total. The number of aromatic nitrogens is 1. The second-order valence-corrected chi connectivity index (χ2v) is 4.89.